The lowest BCUT2D eigenvalue weighted by molar-refractivity contribution is 0.488. The van der Waals surface area contributed by atoms with Crippen LogP contribution in [0.5, 0.6) is 0 Å². The third-order valence-corrected chi connectivity index (χ3v) is 2.20. The van der Waals surface area contributed by atoms with Crippen LogP contribution < -0.4 is 5.63 Å². The number of nitrogens with zero attached hydrogens (tertiary/aromatic N) is 1. The second kappa shape index (κ2) is 4.57. The van der Waals surface area contributed by atoms with Crippen molar-refractivity contribution in [3.8, 4) is 0 Å². The smallest absolute Gasteiger partial charge is 0.347 e. The summed E-state index contributed by atoms with van der Waals surface area (Å²) in [5, 5.41) is 7.31. The van der Waals surface area contributed by atoms with E-state index in [1.807, 2.05) is 0 Å². The summed E-state index contributed by atoms with van der Waals surface area (Å²) >= 11 is 0. The number of allylic oxidation sites excluding steroid dienone is 3. The molecule has 0 atom stereocenters. The van der Waals surface area contributed by atoms with E-state index in [0.717, 1.165) is 6.21 Å². The molecule has 1 heterocycles. The fraction of sp³-hybridized carbons (Fsp3) is 0. The van der Waals surface area contributed by atoms with Crippen LogP contribution in [0.25, 0.3) is 16.5 Å². The Kier molecular flexibility index (Phi) is 2.96. The highest BCUT2D eigenvalue weighted by molar-refractivity contribution is 5.80. The molecule has 0 bridgehead atoms. The molecule has 0 saturated heterocycles. The van der Waals surface area contributed by atoms with Gasteiger partial charge in [-0.1, -0.05) is 18.7 Å². The van der Waals surface area contributed by atoms with E-state index in [1.165, 1.54) is 6.08 Å². The van der Waals surface area contributed by atoms with Crippen molar-refractivity contribution in [1.29, 1.82) is 5.41 Å². The van der Waals surface area contributed by atoms with Gasteiger partial charge >= 0.3 is 5.63 Å². The maximum absolute atomic E-state index is 11.7. The maximum atomic E-state index is 11.7. The van der Waals surface area contributed by atoms with Gasteiger partial charge in [0.2, 0.25) is 5.89 Å². The first-order chi connectivity index (χ1) is 8.22. The largest absolute Gasteiger partial charge is 0.403 e. The highest BCUT2D eigenvalue weighted by Crippen LogP contribution is 2.13. The standard InChI is InChI=1S/C13H10N2O2/c1-9(5-4-8-14)12-15-11-7-3-2-6-10(11)13(16)17-12/h2-8,14H,1H2/b5-4-,14-8?. The average Bonchev–Trinajstić information content (AvgIpc) is 2.36. The van der Waals surface area contributed by atoms with Crippen LogP contribution in [0, 0.1) is 5.41 Å². The molecule has 0 amide bonds. The van der Waals surface area contributed by atoms with E-state index in [9.17, 15) is 4.79 Å². The monoisotopic (exact) mass is 226 g/mol. The summed E-state index contributed by atoms with van der Waals surface area (Å²) in [4.78, 5) is 15.9. The summed E-state index contributed by atoms with van der Waals surface area (Å²) in [6, 6.07) is 6.95. The van der Waals surface area contributed by atoms with Crippen LogP contribution in [0.2, 0.25) is 0 Å². The van der Waals surface area contributed by atoms with E-state index in [2.05, 4.69) is 11.6 Å². The van der Waals surface area contributed by atoms with E-state index in [-0.39, 0.29) is 5.89 Å². The Labute approximate surface area is 97.4 Å². The second-order valence-corrected chi connectivity index (χ2v) is 3.37. The number of fused-ring (bicyclic) bond motifs is 1. The Morgan fingerprint density at radius 3 is 2.94 bits per heavy atom. The molecule has 2 aromatic rings. The number of benzene rings is 1. The number of para-hydroxylation sites is 1. The molecule has 0 radical (unpaired) electrons. The summed E-state index contributed by atoms with van der Waals surface area (Å²) in [6.45, 7) is 3.73. The van der Waals surface area contributed by atoms with Crippen LogP contribution in [-0.4, -0.2) is 11.2 Å². The SMILES string of the molecule is C=C(/C=C\C=N)c1nc2ccccc2c(=O)o1. The fourth-order valence-corrected chi connectivity index (χ4v) is 1.39. The zero-order valence-electron chi connectivity index (χ0n) is 9.01. The Balaban J connectivity index is 2.57. The third-order valence-electron chi connectivity index (χ3n) is 2.20. The number of nitrogens with one attached hydrogen (secondary N) is 1. The van der Waals surface area contributed by atoms with Crippen LogP contribution >= 0.6 is 0 Å². The van der Waals surface area contributed by atoms with Crippen molar-refractivity contribution in [2.24, 2.45) is 0 Å². The van der Waals surface area contributed by atoms with Gasteiger partial charge in [0.25, 0.3) is 0 Å². The lowest BCUT2D eigenvalue weighted by Crippen LogP contribution is -2.03. The molecule has 2 rings (SSSR count). The van der Waals surface area contributed by atoms with E-state index >= 15 is 0 Å². The summed E-state index contributed by atoms with van der Waals surface area (Å²) in [5.74, 6) is 0.173. The number of hydrogen-bond donors (Lipinski definition) is 1. The lowest BCUT2D eigenvalue weighted by Gasteiger charge is -2.00. The molecule has 84 valence electrons. The first-order valence-corrected chi connectivity index (χ1v) is 4.98. The predicted octanol–water partition coefficient (Wildman–Crippen LogP) is 2.41. The first kappa shape index (κ1) is 11.0. The molecule has 1 aromatic carbocycles. The third kappa shape index (κ3) is 2.20. The van der Waals surface area contributed by atoms with Crippen LogP contribution in [0.15, 0.2) is 52.2 Å². The average molecular weight is 226 g/mol. The van der Waals surface area contributed by atoms with Crippen molar-refractivity contribution >= 4 is 22.7 Å². The molecular formula is C13H10N2O2. The van der Waals surface area contributed by atoms with Gasteiger partial charge in [-0.3, -0.25) is 0 Å². The van der Waals surface area contributed by atoms with Gasteiger partial charge in [0.15, 0.2) is 0 Å². The predicted molar refractivity (Wildman–Crippen MR) is 67.2 cm³/mol. The Morgan fingerprint density at radius 1 is 1.41 bits per heavy atom. The van der Waals surface area contributed by atoms with Gasteiger partial charge in [0, 0.05) is 11.8 Å². The summed E-state index contributed by atoms with van der Waals surface area (Å²) in [5.41, 5.74) is 0.592. The van der Waals surface area contributed by atoms with Gasteiger partial charge in [0.05, 0.1) is 10.9 Å². The van der Waals surface area contributed by atoms with Crippen LogP contribution in [0.3, 0.4) is 0 Å². The molecule has 0 spiro atoms. The van der Waals surface area contributed by atoms with E-state index in [0.29, 0.717) is 16.5 Å². The van der Waals surface area contributed by atoms with Crippen LogP contribution in [0.1, 0.15) is 5.89 Å². The van der Waals surface area contributed by atoms with Crippen molar-refractivity contribution in [3.05, 3.63) is 59.3 Å². The first-order valence-electron chi connectivity index (χ1n) is 4.98. The molecule has 0 fully saturated rings. The van der Waals surface area contributed by atoms with Crippen molar-refractivity contribution in [2.75, 3.05) is 0 Å². The fourth-order valence-electron chi connectivity index (χ4n) is 1.39. The molecule has 0 aliphatic rings. The molecule has 0 unspecified atom stereocenters. The number of hydrogen-bond acceptors (Lipinski definition) is 4. The van der Waals surface area contributed by atoms with Gasteiger partial charge in [-0.15, -0.1) is 0 Å². The summed E-state index contributed by atoms with van der Waals surface area (Å²) in [7, 11) is 0. The minimum atomic E-state index is -0.435. The molecule has 0 saturated carbocycles. The van der Waals surface area contributed by atoms with E-state index < -0.39 is 5.63 Å². The second-order valence-electron chi connectivity index (χ2n) is 3.37. The molecule has 4 nitrogen and oxygen atoms in total. The highest BCUT2D eigenvalue weighted by Gasteiger charge is 2.06. The number of aromatic nitrogens is 1. The molecule has 0 aliphatic heterocycles. The molecule has 17 heavy (non-hydrogen) atoms. The Hall–Kier alpha value is -2.49. The summed E-state index contributed by atoms with van der Waals surface area (Å²) < 4.78 is 5.06. The molecular weight excluding hydrogens is 216 g/mol. The van der Waals surface area contributed by atoms with Crippen molar-refractivity contribution in [2.45, 2.75) is 0 Å². The van der Waals surface area contributed by atoms with Crippen LogP contribution in [0.4, 0.5) is 0 Å². The zero-order valence-corrected chi connectivity index (χ0v) is 9.01. The lowest BCUT2D eigenvalue weighted by atomic mass is 10.2. The topological polar surface area (TPSA) is 67.0 Å². The Morgan fingerprint density at radius 2 is 2.18 bits per heavy atom. The van der Waals surface area contributed by atoms with E-state index in [1.54, 1.807) is 30.3 Å². The van der Waals surface area contributed by atoms with Gasteiger partial charge in [-0.05, 0) is 24.3 Å². The molecule has 1 aromatic heterocycles. The molecule has 1 N–H and O–H groups in total. The highest BCUT2D eigenvalue weighted by atomic mass is 16.4. The van der Waals surface area contributed by atoms with Gasteiger partial charge < -0.3 is 9.83 Å². The minimum absolute atomic E-state index is 0.173. The maximum Gasteiger partial charge on any atom is 0.347 e. The van der Waals surface area contributed by atoms with Crippen molar-refractivity contribution < 1.29 is 4.42 Å². The Bertz CT molecular complexity index is 668. The zero-order chi connectivity index (χ0) is 12.3. The molecule has 0 aliphatic carbocycles. The van der Waals surface area contributed by atoms with Gasteiger partial charge in [0.1, 0.15) is 0 Å². The van der Waals surface area contributed by atoms with Crippen LogP contribution in [-0.2, 0) is 0 Å². The van der Waals surface area contributed by atoms with Crippen molar-refractivity contribution in [1.82, 2.24) is 4.98 Å². The number of rotatable bonds is 3. The quantitative estimate of drug-likeness (QED) is 0.645. The summed E-state index contributed by atoms with van der Waals surface area (Å²) in [6.07, 6.45) is 4.16. The van der Waals surface area contributed by atoms with E-state index in [4.69, 9.17) is 9.83 Å². The molecule has 4 heteroatoms. The van der Waals surface area contributed by atoms with Gasteiger partial charge in [-0.2, -0.15) is 0 Å². The minimum Gasteiger partial charge on any atom is -0.403 e. The normalized spacial score (nSPS) is 10.8. The van der Waals surface area contributed by atoms with Crippen molar-refractivity contribution in [3.63, 3.8) is 0 Å². The van der Waals surface area contributed by atoms with Gasteiger partial charge in [-0.25, -0.2) is 9.78 Å².